The van der Waals surface area contributed by atoms with Crippen LogP contribution in [-0.4, -0.2) is 10.1 Å². The molecule has 0 aliphatic heterocycles. The predicted molar refractivity (Wildman–Crippen MR) is 57.4 cm³/mol. The number of nitrogens with zero attached hydrogens (tertiary/aromatic N) is 1. The van der Waals surface area contributed by atoms with Gasteiger partial charge in [-0.15, -0.1) is 0 Å². The SMILES string of the molecule is OCc1cc2c(cnc3ccccc32)o1. The largest absolute Gasteiger partial charge is 0.457 e. The minimum atomic E-state index is -0.0804. The van der Waals surface area contributed by atoms with Crippen molar-refractivity contribution in [1.82, 2.24) is 4.98 Å². The van der Waals surface area contributed by atoms with Crippen molar-refractivity contribution in [2.45, 2.75) is 6.61 Å². The fraction of sp³-hybridized carbons (Fsp3) is 0.0833. The van der Waals surface area contributed by atoms with E-state index in [-0.39, 0.29) is 6.61 Å². The summed E-state index contributed by atoms with van der Waals surface area (Å²) in [6.07, 6.45) is 1.69. The van der Waals surface area contributed by atoms with Crippen molar-refractivity contribution in [3.8, 4) is 0 Å². The van der Waals surface area contributed by atoms with Gasteiger partial charge in [-0.2, -0.15) is 0 Å². The van der Waals surface area contributed by atoms with Gasteiger partial charge in [-0.05, 0) is 12.1 Å². The number of fused-ring (bicyclic) bond motifs is 3. The van der Waals surface area contributed by atoms with E-state index in [0.29, 0.717) is 5.76 Å². The van der Waals surface area contributed by atoms with Gasteiger partial charge in [0.2, 0.25) is 0 Å². The van der Waals surface area contributed by atoms with Gasteiger partial charge in [-0.3, -0.25) is 4.98 Å². The molecule has 3 nitrogen and oxygen atoms in total. The zero-order valence-electron chi connectivity index (χ0n) is 7.97. The van der Waals surface area contributed by atoms with Crippen LogP contribution in [0.5, 0.6) is 0 Å². The van der Waals surface area contributed by atoms with Crippen LogP contribution in [0, 0.1) is 0 Å². The van der Waals surface area contributed by atoms with Crippen LogP contribution in [0.4, 0.5) is 0 Å². The molecule has 2 aromatic heterocycles. The second kappa shape index (κ2) is 3.07. The molecule has 0 radical (unpaired) electrons. The number of rotatable bonds is 1. The summed E-state index contributed by atoms with van der Waals surface area (Å²) in [7, 11) is 0. The summed E-state index contributed by atoms with van der Waals surface area (Å²) in [5.41, 5.74) is 1.66. The summed E-state index contributed by atoms with van der Waals surface area (Å²) < 4.78 is 5.41. The van der Waals surface area contributed by atoms with Crippen molar-refractivity contribution in [3.05, 3.63) is 42.3 Å². The molecule has 2 heterocycles. The molecule has 0 saturated carbocycles. The van der Waals surface area contributed by atoms with Gasteiger partial charge in [-0.1, -0.05) is 18.2 Å². The van der Waals surface area contributed by atoms with Crippen molar-refractivity contribution < 1.29 is 9.52 Å². The number of hydrogen-bond donors (Lipinski definition) is 1. The van der Waals surface area contributed by atoms with Crippen LogP contribution in [0.15, 0.2) is 40.9 Å². The Kier molecular flexibility index (Phi) is 1.73. The molecule has 0 bridgehead atoms. The van der Waals surface area contributed by atoms with E-state index in [0.717, 1.165) is 21.9 Å². The van der Waals surface area contributed by atoms with Gasteiger partial charge in [0.15, 0.2) is 5.58 Å². The molecule has 15 heavy (non-hydrogen) atoms. The Morgan fingerprint density at radius 1 is 1.20 bits per heavy atom. The quantitative estimate of drug-likeness (QED) is 0.654. The highest BCUT2D eigenvalue weighted by Gasteiger charge is 2.06. The van der Waals surface area contributed by atoms with Crippen LogP contribution in [0.1, 0.15) is 5.76 Å². The smallest absolute Gasteiger partial charge is 0.153 e. The Labute approximate surface area is 86.0 Å². The second-order valence-corrected chi connectivity index (χ2v) is 3.42. The number of aromatic nitrogens is 1. The molecule has 3 rings (SSSR count). The molecule has 0 aliphatic rings. The predicted octanol–water partition coefficient (Wildman–Crippen LogP) is 2.47. The molecule has 0 spiro atoms. The molecular formula is C12H9NO2. The lowest BCUT2D eigenvalue weighted by atomic mass is 10.1. The summed E-state index contributed by atoms with van der Waals surface area (Å²) in [5.74, 6) is 0.572. The van der Waals surface area contributed by atoms with E-state index in [9.17, 15) is 0 Å². The van der Waals surface area contributed by atoms with Gasteiger partial charge in [0.05, 0.1) is 11.7 Å². The van der Waals surface area contributed by atoms with Gasteiger partial charge in [0.25, 0.3) is 0 Å². The Balaban J connectivity index is 2.47. The van der Waals surface area contributed by atoms with Gasteiger partial charge in [0, 0.05) is 10.8 Å². The highest BCUT2D eigenvalue weighted by molar-refractivity contribution is 6.03. The standard InChI is InChI=1S/C12H9NO2/c14-7-8-5-10-9-3-1-2-4-11(9)13-6-12(10)15-8/h1-6,14H,7H2. The zero-order valence-corrected chi connectivity index (χ0v) is 7.97. The molecule has 0 amide bonds. The number of aliphatic hydroxyl groups is 1. The fourth-order valence-corrected chi connectivity index (χ4v) is 1.78. The van der Waals surface area contributed by atoms with Crippen molar-refractivity contribution in [3.63, 3.8) is 0 Å². The van der Waals surface area contributed by atoms with Crippen molar-refractivity contribution >= 4 is 21.9 Å². The second-order valence-electron chi connectivity index (χ2n) is 3.42. The number of aliphatic hydroxyl groups excluding tert-OH is 1. The third-order valence-corrected chi connectivity index (χ3v) is 2.48. The fourth-order valence-electron chi connectivity index (χ4n) is 1.78. The van der Waals surface area contributed by atoms with Crippen molar-refractivity contribution in [2.24, 2.45) is 0 Å². The molecule has 0 fully saturated rings. The first-order valence-electron chi connectivity index (χ1n) is 4.75. The van der Waals surface area contributed by atoms with Crippen LogP contribution in [0.3, 0.4) is 0 Å². The third kappa shape index (κ3) is 1.21. The van der Waals surface area contributed by atoms with Gasteiger partial charge in [0.1, 0.15) is 12.4 Å². The molecule has 74 valence electrons. The van der Waals surface area contributed by atoms with E-state index in [1.165, 1.54) is 0 Å². The number of para-hydroxylation sites is 1. The first-order valence-corrected chi connectivity index (χ1v) is 4.75. The van der Waals surface area contributed by atoms with E-state index in [4.69, 9.17) is 9.52 Å². The molecule has 0 unspecified atom stereocenters. The third-order valence-electron chi connectivity index (χ3n) is 2.48. The number of furan rings is 1. The highest BCUT2D eigenvalue weighted by atomic mass is 16.4. The molecule has 1 aromatic carbocycles. The van der Waals surface area contributed by atoms with E-state index in [2.05, 4.69) is 4.98 Å². The maximum absolute atomic E-state index is 9.00. The van der Waals surface area contributed by atoms with Crippen LogP contribution in [0.2, 0.25) is 0 Å². The normalized spacial score (nSPS) is 11.3. The van der Waals surface area contributed by atoms with Crippen LogP contribution in [0.25, 0.3) is 21.9 Å². The maximum atomic E-state index is 9.00. The lowest BCUT2D eigenvalue weighted by Crippen LogP contribution is -1.77. The Bertz CT molecular complexity index is 628. The zero-order chi connectivity index (χ0) is 10.3. The lowest BCUT2D eigenvalue weighted by Gasteiger charge is -1.95. The summed E-state index contributed by atoms with van der Waals surface area (Å²) in [4.78, 5) is 4.28. The summed E-state index contributed by atoms with van der Waals surface area (Å²) in [6.45, 7) is -0.0804. The van der Waals surface area contributed by atoms with Gasteiger partial charge in [-0.25, -0.2) is 0 Å². The first kappa shape index (κ1) is 8.44. The van der Waals surface area contributed by atoms with Gasteiger partial charge < -0.3 is 9.52 Å². The monoisotopic (exact) mass is 199 g/mol. The summed E-state index contributed by atoms with van der Waals surface area (Å²) in [5, 5.41) is 11.1. The molecule has 3 aromatic rings. The van der Waals surface area contributed by atoms with Crippen molar-refractivity contribution in [1.29, 1.82) is 0 Å². The molecule has 3 heteroatoms. The minimum absolute atomic E-state index is 0.0804. The average molecular weight is 199 g/mol. The van der Waals surface area contributed by atoms with E-state index >= 15 is 0 Å². The Morgan fingerprint density at radius 2 is 2.07 bits per heavy atom. The average Bonchev–Trinajstić information content (AvgIpc) is 2.72. The Morgan fingerprint density at radius 3 is 2.93 bits per heavy atom. The lowest BCUT2D eigenvalue weighted by molar-refractivity contribution is 0.251. The maximum Gasteiger partial charge on any atom is 0.153 e. The number of benzene rings is 1. The molecule has 1 N–H and O–H groups in total. The molecular weight excluding hydrogens is 190 g/mol. The summed E-state index contributed by atoms with van der Waals surface area (Å²) >= 11 is 0. The van der Waals surface area contributed by atoms with Crippen LogP contribution < -0.4 is 0 Å². The topological polar surface area (TPSA) is 46.3 Å². The number of pyridine rings is 1. The van der Waals surface area contributed by atoms with Crippen molar-refractivity contribution in [2.75, 3.05) is 0 Å². The molecule has 0 atom stereocenters. The Hall–Kier alpha value is -1.87. The minimum Gasteiger partial charge on any atom is -0.457 e. The molecule has 0 saturated heterocycles. The van der Waals surface area contributed by atoms with Gasteiger partial charge >= 0.3 is 0 Å². The first-order chi connectivity index (χ1) is 7.38. The van der Waals surface area contributed by atoms with Crippen LogP contribution >= 0.6 is 0 Å². The molecule has 0 aliphatic carbocycles. The number of hydrogen-bond acceptors (Lipinski definition) is 3. The highest BCUT2D eigenvalue weighted by Crippen LogP contribution is 2.26. The van der Waals surface area contributed by atoms with Crippen LogP contribution in [-0.2, 0) is 6.61 Å². The van der Waals surface area contributed by atoms with E-state index < -0.39 is 0 Å². The van der Waals surface area contributed by atoms with E-state index in [1.807, 2.05) is 30.3 Å². The van der Waals surface area contributed by atoms with E-state index in [1.54, 1.807) is 6.20 Å². The summed E-state index contributed by atoms with van der Waals surface area (Å²) in [6, 6.07) is 9.74.